The first kappa shape index (κ1) is 12.6. The lowest BCUT2D eigenvalue weighted by atomic mass is 10.2. The lowest BCUT2D eigenvalue weighted by Gasteiger charge is -2.16. The van der Waals surface area contributed by atoms with E-state index in [-0.39, 0.29) is 6.04 Å². The highest BCUT2D eigenvalue weighted by Crippen LogP contribution is 2.29. The van der Waals surface area contributed by atoms with Gasteiger partial charge in [-0.15, -0.1) is 11.3 Å². The van der Waals surface area contributed by atoms with Crippen LogP contribution in [-0.2, 0) is 0 Å². The second-order valence-corrected chi connectivity index (χ2v) is 5.89. The molecule has 0 aliphatic heterocycles. The lowest BCUT2D eigenvalue weighted by Crippen LogP contribution is -2.06. The van der Waals surface area contributed by atoms with E-state index >= 15 is 0 Å². The Hall–Kier alpha value is -0.870. The Labute approximate surface area is 114 Å². The molecule has 2 rings (SSSR count). The molecule has 0 amide bonds. The number of anilines is 1. The van der Waals surface area contributed by atoms with Gasteiger partial charge in [-0.1, -0.05) is 6.07 Å². The highest BCUT2D eigenvalue weighted by atomic mass is 79.9. The van der Waals surface area contributed by atoms with E-state index < -0.39 is 0 Å². The van der Waals surface area contributed by atoms with E-state index in [4.69, 9.17) is 0 Å². The van der Waals surface area contributed by atoms with E-state index in [1.807, 2.05) is 12.4 Å². The summed E-state index contributed by atoms with van der Waals surface area (Å²) in [5.41, 5.74) is 5.38. The smallest absolute Gasteiger partial charge is 0.0798 e. The fourth-order valence-electron chi connectivity index (χ4n) is 1.76. The van der Waals surface area contributed by atoms with Crippen LogP contribution in [0.4, 0.5) is 5.69 Å². The average molecular weight is 311 g/mol. The van der Waals surface area contributed by atoms with Crippen LogP contribution in [-0.4, -0.2) is 4.98 Å². The molecule has 0 saturated carbocycles. The fourth-order valence-corrected chi connectivity index (χ4v) is 3.18. The molecule has 1 aromatic heterocycles. The molecule has 0 saturated heterocycles. The maximum absolute atomic E-state index is 4.28. The summed E-state index contributed by atoms with van der Waals surface area (Å²) < 4.78 is 1.10. The second kappa shape index (κ2) is 5.19. The summed E-state index contributed by atoms with van der Waals surface area (Å²) in [7, 11) is 0. The van der Waals surface area contributed by atoms with E-state index in [0.717, 1.165) is 15.9 Å². The first-order chi connectivity index (χ1) is 8.08. The van der Waals surface area contributed by atoms with Crippen LogP contribution in [0.5, 0.6) is 0 Å². The zero-order chi connectivity index (χ0) is 12.4. The Morgan fingerprint density at radius 3 is 2.71 bits per heavy atom. The van der Waals surface area contributed by atoms with Gasteiger partial charge in [0.2, 0.25) is 0 Å². The molecule has 90 valence electrons. The fraction of sp³-hybridized carbons (Fsp3) is 0.308. The van der Waals surface area contributed by atoms with Gasteiger partial charge in [0.05, 0.1) is 17.2 Å². The molecule has 2 nitrogen and oxygen atoms in total. The van der Waals surface area contributed by atoms with Crippen molar-refractivity contribution in [3.63, 3.8) is 0 Å². The Bertz CT molecular complexity index is 522. The molecule has 1 atom stereocenters. The minimum atomic E-state index is 0.279. The van der Waals surface area contributed by atoms with Crippen LogP contribution < -0.4 is 5.32 Å². The molecule has 0 radical (unpaired) electrons. The van der Waals surface area contributed by atoms with Gasteiger partial charge in [-0.3, -0.25) is 0 Å². The quantitative estimate of drug-likeness (QED) is 0.889. The van der Waals surface area contributed by atoms with E-state index in [9.17, 15) is 0 Å². The SMILES string of the molecule is Cc1ccc(NC(C)c2scnc2C)c(Br)c1. The van der Waals surface area contributed by atoms with Crippen molar-refractivity contribution >= 4 is 33.0 Å². The maximum Gasteiger partial charge on any atom is 0.0798 e. The molecule has 0 aliphatic carbocycles. The average Bonchev–Trinajstić information content (AvgIpc) is 2.68. The summed E-state index contributed by atoms with van der Waals surface area (Å²) >= 11 is 5.28. The zero-order valence-corrected chi connectivity index (χ0v) is 12.5. The second-order valence-electron chi connectivity index (χ2n) is 4.15. The molecular formula is C13H15BrN2S. The third-order valence-electron chi connectivity index (χ3n) is 2.67. The number of nitrogens with one attached hydrogen (secondary N) is 1. The van der Waals surface area contributed by atoms with Crippen LogP contribution in [0.25, 0.3) is 0 Å². The van der Waals surface area contributed by atoms with Crippen molar-refractivity contribution in [3.05, 3.63) is 44.3 Å². The number of rotatable bonds is 3. The summed E-state index contributed by atoms with van der Waals surface area (Å²) in [6.45, 7) is 6.30. The number of benzene rings is 1. The molecular weight excluding hydrogens is 296 g/mol. The molecule has 1 aromatic carbocycles. The molecule has 1 unspecified atom stereocenters. The van der Waals surface area contributed by atoms with Gasteiger partial charge in [0.15, 0.2) is 0 Å². The highest BCUT2D eigenvalue weighted by Gasteiger charge is 2.11. The minimum Gasteiger partial charge on any atom is -0.377 e. The highest BCUT2D eigenvalue weighted by molar-refractivity contribution is 9.10. The Morgan fingerprint density at radius 2 is 2.12 bits per heavy atom. The predicted molar refractivity (Wildman–Crippen MR) is 77.8 cm³/mol. The Morgan fingerprint density at radius 1 is 1.35 bits per heavy atom. The number of thiazole rings is 1. The molecule has 0 spiro atoms. The van der Waals surface area contributed by atoms with Crippen molar-refractivity contribution in [2.24, 2.45) is 0 Å². The van der Waals surface area contributed by atoms with E-state index in [0.29, 0.717) is 0 Å². The van der Waals surface area contributed by atoms with Crippen molar-refractivity contribution < 1.29 is 0 Å². The maximum atomic E-state index is 4.28. The van der Waals surface area contributed by atoms with Crippen LogP contribution in [0.3, 0.4) is 0 Å². The number of halogens is 1. The van der Waals surface area contributed by atoms with Crippen molar-refractivity contribution in [1.29, 1.82) is 0 Å². The predicted octanol–water partition coefficient (Wildman–Crippen LogP) is 4.70. The van der Waals surface area contributed by atoms with Crippen molar-refractivity contribution in [1.82, 2.24) is 4.98 Å². The van der Waals surface area contributed by atoms with Gasteiger partial charge in [0, 0.05) is 15.0 Å². The first-order valence-corrected chi connectivity index (χ1v) is 7.18. The molecule has 0 bridgehead atoms. The summed E-state index contributed by atoms with van der Waals surface area (Å²) in [6, 6.07) is 6.61. The van der Waals surface area contributed by atoms with Gasteiger partial charge in [0.25, 0.3) is 0 Å². The number of hydrogen-bond acceptors (Lipinski definition) is 3. The third-order valence-corrected chi connectivity index (χ3v) is 4.44. The van der Waals surface area contributed by atoms with Crippen molar-refractivity contribution in [2.45, 2.75) is 26.8 Å². The molecule has 1 heterocycles. The van der Waals surface area contributed by atoms with E-state index in [2.05, 4.69) is 58.3 Å². The number of nitrogens with zero attached hydrogens (tertiary/aromatic N) is 1. The van der Waals surface area contributed by atoms with Crippen LogP contribution >= 0.6 is 27.3 Å². The molecule has 1 N–H and O–H groups in total. The summed E-state index contributed by atoms with van der Waals surface area (Å²) in [4.78, 5) is 5.57. The normalized spacial score (nSPS) is 12.5. The molecule has 0 aliphatic rings. The molecule has 0 fully saturated rings. The largest absolute Gasteiger partial charge is 0.377 e. The summed E-state index contributed by atoms with van der Waals surface area (Å²) in [6.07, 6.45) is 0. The van der Waals surface area contributed by atoms with Gasteiger partial charge in [0.1, 0.15) is 0 Å². The Kier molecular flexibility index (Phi) is 3.84. The first-order valence-electron chi connectivity index (χ1n) is 5.50. The third kappa shape index (κ3) is 2.87. The molecule has 17 heavy (non-hydrogen) atoms. The van der Waals surface area contributed by atoms with Crippen LogP contribution in [0.1, 0.15) is 29.1 Å². The minimum absolute atomic E-state index is 0.279. The molecule has 2 aromatic rings. The number of aryl methyl sites for hydroxylation is 2. The Balaban J connectivity index is 2.19. The van der Waals surface area contributed by atoms with Crippen LogP contribution in [0.15, 0.2) is 28.2 Å². The molecule has 4 heteroatoms. The van der Waals surface area contributed by atoms with Gasteiger partial charge < -0.3 is 5.32 Å². The zero-order valence-electron chi connectivity index (χ0n) is 10.1. The monoisotopic (exact) mass is 310 g/mol. The standard InChI is InChI=1S/C13H15BrN2S/c1-8-4-5-12(11(14)6-8)16-10(3)13-9(2)15-7-17-13/h4-7,10,16H,1-3H3. The lowest BCUT2D eigenvalue weighted by molar-refractivity contribution is 0.889. The van der Waals surface area contributed by atoms with Crippen LogP contribution in [0, 0.1) is 13.8 Å². The van der Waals surface area contributed by atoms with Crippen molar-refractivity contribution in [2.75, 3.05) is 5.32 Å². The summed E-state index contributed by atoms with van der Waals surface area (Å²) in [5.74, 6) is 0. The van der Waals surface area contributed by atoms with Crippen molar-refractivity contribution in [3.8, 4) is 0 Å². The number of hydrogen-bond donors (Lipinski definition) is 1. The summed E-state index contributed by atoms with van der Waals surface area (Å²) in [5, 5.41) is 3.50. The van der Waals surface area contributed by atoms with Gasteiger partial charge in [-0.2, -0.15) is 0 Å². The topological polar surface area (TPSA) is 24.9 Å². The van der Waals surface area contributed by atoms with Crippen LogP contribution in [0.2, 0.25) is 0 Å². The van der Waals surface area contributed by atoms with Gasteiger partial charge in [-0.25, -0.2) is 4.98 Å². The van der Waals surface area contributed by atoms with Gasteiger partial charge >= 0.3 is 0 Å². The van der Waals surface area contributed by atoms with Gasteiger partial charge in [-0.05, 0) is 54.4 Å². The van der Waals surface area contributed by atoms with E-state index in [1.165, 1.54) is 10.4 Å². The number of aromatic nitrogens is 1. The van der Waals surface area contributed by atoms with E-state index in [1.54, 1.807) is 11.3 Å².